The molecule has 0 unspecified atom stereocenters. The molecule has 26 heavy (non-hydrogen) atoms. The Hall–Kier alpha value is -2.67. The van der Waals surface area contributed by atoms with Crippen molar-refractivity contribution in [3.05, 3.63) is 47.7 Å². The van der Waals surface area contributed by atoms with E-state index in [4.69, 9.17) is 9.26 Å². The quantitative estimate of drug-likeness (QED) is 0.659. The summed E-state index contributed by atoms with van der Waals surface area (Å²) in [5.74, 6) is 0.550. The summed E-state index contributed by atoms with van der Waals surface area (Å²) in [6.07, 6.45) is 1.83. The minimum absolute atomic E-state index is 0.0282. The van der Waals surface area contributed by atoms with Crippen LogP contribution in [0.15, 0.2) is 40.9 Å². The van der Waals surface area contributed by atoms with Gasteiger partial charge in [-0.3, -0.25) is 9.59 Å². The Balaban J connectivity index is 1.56. The molecule has 1 aromatic carbocycles. The highest BCUT2D eigenvalue weighted by molar-refractivity contribution is 5.93. The Morgan fingerprint density at radius 3 is 2.69 bits per heavy atom. The van der Waals surface area contributed by atoms with Gasteiger partial charge in [-0.1, -0.05) is 35.5 Å². The molecule has 1 aromatic heterocycles. The third-order valence-corrected chi connectivity index (χ3v) is 3.76. The number of aryl methyl sites for hydroxylation is 1. The Morgan fingerprint density at radius 1 is 1.23 bits per heavy atom. The molecular weight excluding hydrogens is 334 g/mol. The van der Waals surface area contributed by atoms with Crippen molar-refractivity contribution in [3.63, 3.8) is 0 Å². The molecule has 2 aromatic rings. The molecule has 0 aliphatic rings. The minimum atomic E-state index is -0.312. The normalized spacial score (nSPS) is 10.5. The molecular formula is C19H25N3O4. The number of likely N-dealkylation sites (N-methyl/N-ethyl adjacent to an activating group) is 1. The summed E-state index contributed by atoms with van der Waals surface area (Å²) < 4.78 is 10.4. The first-order valence-corrected chi connectivity index (χ1v) is 8.63. The lowest BCUT2D eigenvalue weighted by Gasteiger charge is -2.16. The molecule has 0 fully saturated rings. The number of aromatic nitrogens is 1. The van der Waals surface area contributed by atoms with Gasteiger partial charge in [-0.2, -0.15) is 0 Å². The van der Waals surface area contributed by atoms with Crippen molar-refractivity contribution < 1.29 is 18.8 Å². The fraction of sp³-hybridized carbons (Fsp3) is 0.421. The Morgan fingerprint density at radius 2 is 2.00 bits per heavy atom. The zero-order valence-corrected chi connectivity index (χ0v) is 15.2. The molecule has 140 valence electrons. The second kappa shape index (κ2) is 10.4. The molecule has 0 aliphatic carbocycles. The van der Waals surface area contributed by atoms with Crippen LogP contribution in [-0.4, -0.2) is 48.7 Å². The van der Waals surface area contributed by atoms with Crippen molar-refractivity contribution in [2.45, 2.75) is 26.2 Å². The second-order valence-corrected chi connectivity index (χ2v) is 6.07. The first-order chi connectivity index (χ1) is 12.5. The van der Waals surface area contributed by atoms with E-state index in [0.29, 0.717) is 37.6 Å². The first kappa shape index (κ1) is 19.7. The van der Waals surface area contributed by atoms with Gasteiger partial charge in [0.1, 0.15) is 5.76 Å². The van der Waals surface area contributed by atoms with Crippen LogP contribution in [0.5, 0.6) is 0 Å². The van der Waals surface area contributed by atoms with Gasteiger partial charge >= 0.3 is 0 Å². The molecule has 0 saturated heterocycles. The second-order valence-electron chi connectivity index (χ2n) is 6.07. The lowest BCUT2D eigenvalue weighted by Crippen LogP contribution is -2.35. The number of amides is 2. The lowest BCUT2D eigenvalue weighted by atomic mass is 10.2. The number of ether oxygens (including phenoxy) is 1. The summed E-state index contributed by atoms with van der Waals surface area (Å²) in [6.45, 7) is 2.87. The molecule has 1 N–H and O–H groups in total. The van der Waals surface area contributed by atoms with Gasteiger partial charge in [0.25, 0.3) is 0 Å². The standard InChI is InChI=1S/C19H25N3O4/c1-15-13-17(21-26-15)20-18(23)14-22(2)19(24)9-6-11-25-12-10-16-7-4-3-5-8-16/h3-5,7-8,13H,6,9-12,14H2,1-2H3,(H,20,21,23). The summed E-state index contributed by atoms with van der Waals surface area (Å²) in [6, 6.07) is 11.7. The molecule has 0 aliphatic heterocycles. The highest BCUT2D eigenvalue weighted by Gasteiger charge is 2.14. The van der Waals surface area contributed by atoms with Crippen molar-refractivity contribution in [2.75, 3.05) is 32.1 Å². The van der Waals surface area contributed by atoms with Crippen molar-refractivity contribution in [2.24, 2.45) is 0 Å². The number of benzene rings is 1. The number of nitrogens with zero attached hydrogens (tertiary/aromatic N) is 2. The predicted octanol–water partition coefficient (Wildman–Crippen LogP) is 2.42. The molecule has 0 bridgehead atoms. The lowest BCUT2D eigenvalue weighted by molar-refractivity contribution is -0.133. The van der Waals surface area contributed by atoms with Gasteiger partial charge in [-0.15, -0.1) is 0 Å². The smallest absolute Gasteiger partial charge is 0.245 e. The van der Waals surface area contributed by atoms with Crippen LogP contribution in [0.25, 0.3) is 0 Å². The fourth-order valence-electron chi connectivity index (χ4n) is 2.36. The zero-order chi connectivity index (χ0) is 18.8. The van der Waals surface area contributed by atoms with Crippen molar-refractivity contribution in [1.29, 1.82) is 0 Å². The molecule has 7 nitrogen and oxygen atoms in total. The van der Waals surface area contributed by atoms with Crippen LogP contribution in [0, 0.1) is 6.92 Å². The molecule has 0 saturated carbocycles. The highest BCUT2D eigenvalue weighted by atomic mass is 16.5. The van der Waals surface area contributed by atoms with E-state index in [0.717, 1.165) is 6.42 Å². The molecule has 0 atom stereocenters. The topological polar surface area (TPSA) is 84.7 Å². The maximum atomic E-state index is 12.0. The van der Waals surface area contributed by atoms with Gasteiger partial charge < -0.3 is 19.5 Å². The summed E-state index contributed by atoms with van der Waals surface area (Å²) in [5, 5.41) is 6.27. The van der Waals surface area contributed by atoms with Crippen molar-refractivity contribution in [1.82, 2.24) is 10.1 Å². The van der Waals surface area contributed by atoms with Crippen LogP contribution in [0.1, 0.15) is 24.2 Å². The molecule has 0 radical (unpaired) electrons. The van der Waals surface area contributed by atoms with E-state index in [1.807, 2.05) is 18.2 Å². The summed E-state index contributed by atoms with van der Waals surface area (Å²) in [7, 11) is 1.60. The molecule has 2 amide bonds. The van der Waals surface area contributed by atoms with E-state index in [-0.39, 0.29) is 18.4 Å². The van der Waals surface area contributed by atoms with Gasteiger partial charge in [0.05, 0.1) is 13.2 Å². The summed E-state index contributed by atoms with van der Waals surface area (Å²) >= 11 is 0. The summed E-state index contributed by atoms with van der Waals surface area (Å²) in [5.41, 5.74) is 1.23. The summed E-state index contributed by atoms with van der Waals surface area (Å²) in [4.78, 5) is 25.3. The molecule has 2 rings (SSSR count). The van der Waals surface area contributed by atoms with Gasteiger partial charge in [-0.25, -0.2) is 0 Å². The predicted molar refractivity (Wildman–Crippen MR) is 97.7 cm³/mol. The molecule has 1 heterocycles. The average molecular weight is 359 g/mol. The van der Waals surface area contributed by atoms with E-state index in [1.54, 1.807) is 20.0 Å². The van der Waals surface area contributed by atoms with Crippen LogP contribution in [0.4, 0.5) is 5.82 Å². The number of anilines is 1. The number of hydrogen-bond acceptors (Lipinski definition) is 5. The van der Waals surface area contributed by atoms with Gasteiger partial charge in [-0.05, 0) is 25.3 Å². The van der Waals surface area contributed by atoms with Crippen molar-refractivity contribution >= 4 is 17.6 Å². The highest BCUT2D eigenvalue weighted by Crippen LogP contribution is 2.07. The Kier molecular flexibility index (Phi) is 7.82. The Labute approximate surface area is 153 Å². The van der Waals surface area contributed by atoms with E-state index in [9.17, 15) is 9.59 Å². The van der Waals surface area contributed by atoms with Crippen LogP contribution in [0.3, 0.4) is 0 Å². The number of rotatable bonds is 10. The molecule has 0 spiro atoms. The number of carbonyl (C=O) groups is 2. The van der Waals surface area contributed by atoms with E-state index in [1.165, 1.54) is 10.5 Å². The minimum Gasteiger partial charge on any atom is -0.381 e. The first-order valence-electron chi connectivity index (χ1n) is 8.63. The van der Waals surface area contributed by atoms with Gasteiger partial charge in [0.15, 0.2) is 5.82 Å². The van der Waals surface area contributed by atoms with Crippen LogP contribution in [0.2, 0.25) is 0 Å². The van der Waals surface area contributed by atoms with E-state index < -0.39 is 0 Å². The largest absolute Gasteiger partial charge is 0.381 e. The van der Waals surface area contributed by atoms with Gasteiger partial charge in [0, 0.05) is 26.1 Å². The third kappa shape index (κ3) is 7.06. The van der Waals surface area contributed by atoms with Crippen LogP contribution < -0.4 is 5.32 Å². The fourth-order valence-corrected chi connectivity index (χ4v) is 2.36. The monoisotopic (exact) mass is 359 g/mol. The van der Waals surface area contributed by atoms with E-state index >= 15 is 0 Å². The zero-order valence-electron chi connectivity index (χ0n) is 15.2. The van der Waals surface area contributed by atoms with Crippen molar-refractivity contribution in [3.8, 4) is 0 Å². The van der Waals surface area contributed by atoms with Crippen LogP contribution >= 0.6 is 0 Å². The van der Waals surface area contributed by atoms with Gasteiger partial charge in [0.2, 0.25) is 11.8 Å². The number of carbonyl (C=O) groups excluding carboxylic acids is 2. The number of nitrogens with one attached hydrogen (secondary N) is 1. The maximum absolute atomic E-state index is 12.0. The van der Waals surface area contributed by atoms with E-state index in [2.05, 4.69) is 22.6 Å². The SMILES string of the molecule is Cc1cc(NC(=O)CN(C)C(=O)CCCOCCc2ccccc2)no1. The Bertz CT molecular complexity index is 700. The third-order valence-electron chi connectivity index (χ3n) is 3.76. The molecule has 7 heteroatoms. The number of hydrogen-bond donors (Lipinski definition) is 1. The van der Waals surface area contributed by atoms with Crippen LogP contribution in [-0.2, 0) is 20.7 Å². The maximum Gasteiger partial charge on any atom is 0.245 e. The average Bonchev–Trinajstić information content (AvgIpc) is 3.03.